The van der Waals surface area contributed by atoms with Crippen LogP contribution in [0.2, 0.25) is 25.7 Å². The summed E-state index contributed by atoms with van der Waals surface area (Å²) in [7, 11) is 0.151. The highest BCUT2D eigenvalue weighted by Crippen LogP contribution is 2.09. The van der Waals surface area contributed by atoms with E-state index in [9.17, 15) is 9.59 Å². The number of carbonyl (C=O) groups excluding carboxylic acids is 1. The van der Waals surface area contributed by atoms with Crippen molar-refractivity contribution in [3.05, 3.63) is 0 Å². The van der Waals surface area contributed by atoms with Crippen molar-refractivity contribution >= 4 is 20.1 Å². The second-order valence-corrected chi connectivity index (χ2v) is 11.6. The molecule has 0 spiro atoms. The molecule has 0 rings (SSSR count). The Morgan fingerprint density at radius 2 is 1.85 bits per heavy atom. The van der Waals surface area contributed by atoms with Crippen molar-refractivity contribution in [3.63, 3.8) is 0 Å². The minimum atomic E-state index is -1.27. The summed E-state index contributed by atoms with van der Waals surface area (Å²) < 4.78 is 10.3. The molecule has 0 aromatic carbocycles. The molecular formula is C13H27NO5Si. The van der Waals surface area contributed by atoms with Crippen LogP contribution >= 0.6 is 0 Å². The zero-order chi connectivity index (χ0) is 15.8. The van der Waals surface area contributed by atoms with E-state index >= 15 is 0 Å². The molecule has 0 heterocycles. The molecule has 1 amide bonds. The molecule has 0 radical (unpaired) electrons. The number of rotatable bonds is 9. The lowest BCUT2D eigenvalue weighted by Crippen LogP contribution is -2.45. The standard InChI is InChI=1S/C13H27NO5Si/c1-6-7-18-10-11(12(15)16)14(2)13(17)19-8-9-20(3,4)5/h11H,6-10H2,1-5H3,(H,15,16)/t11-/m0/s1. The van der Waals surface area contributed by atoms with Gasteiger partial charge < -0.3 is 14.6 Å². The highest BCUT2D eigenvalue weighted by molar-refractivity contribution is 6.76. The maximum absolute atomic E-state index is 11.8. The van der Waals surface area contributed by atoms with Crippen LogP contribution in [0.25, 0.3) is 0 Å². The van der Waals surface area contributed by atoms with Crippen molar-refractivity contribution < 1.29 is 24.2 Å². The van der Waals surface area contributed by atoms with Crippen molar-refractivity contribution in [2.45, 2.75) is 45.1 Å². The van der Waals surface area contributed by atoms with E-state index in [1.54, 1.807) is 0 Å². The van der Waals surface area contributed by atoms with Gasteiger partial charge in [-0.05, 0) is 12.5 Å². The molecule has 0 bridgehead atoms. The fraction of sp³-hybridized carbons (Fsp3) is 0.846. The molecule has 0 aliphatic carbocycles. The summed E-state index contributed by atoms with van der Waals surface area (Å²) in [6.07, 6.45) is 0.187. The first-order chi connectivity index (χ1) is 9.19. The zero-order valence-corrected chi connectivity index (χ0v) is 14.1. The molecule has 0 saturated carbocycles. The van der Waals surface area contributed by atoms with Crippen LogP contribution in [-0.2, 0) is 14.3 Å². The van der Waals surface area contributed by atoms with Crippen molar-refractivity contribution in [1.29, 1.82) is 0 Å². The van der Waals surface area contributed by atoms with E-state index < -0.39 is 26.2 Å². The molecular weight excluding hydrogens is 278 g/mol. The molecule has 7 heteroatoms. The Morgan fingerprint density at radius 3 is 2.30 bits per heavy atom. The normalized spacial score (nSPS) is 12.8. The van der Waals surface area contributed by atoms with E-state index in [2.05, 4.69) is 19.6 Å². The smallest absolute Gasteiger partial charge is 0.410 e. The minimum absolute atomic E-state index is 0.0250. The molecule has 1 atom stereocenters. The molecule has 0 aliphatic rings. The average Bonchev–Trinajstić information content (AvgIpc) is 2.31. The van der Waals surface area contributed by atoms with E-state index in [0.717, 1.165) is 17.4 Å². The summed E-state index contributed by atoms with van der Waals surface area (Å²) in [6, 6.07) is -0.155. The number of amides is 1. The lowest BCUT2D eigenvalue weighted by atomic mass is 10.3. The van der Waals surface area contributed by atoms with Crippen LogP contribution in [0.5, 0.6) is 0 Å². The third-order valence-corrected chi connectivity index (χ3v) is 4.45. The number of nitrogens with zero attached hydrogens (tertiary/aromatic N) is 1. The monoisotopic (exact) mass is 305 g/mol. The van der Waals surface area contributed by atoms with Crippen molar-refractivity contribution in [3.8, 4) is 0 Å². The molecule has 0 saturated heterocycles. The lowest BCUT2D eigenvalue weighted by Gasteiger charge is -2.24. The summed E-state index contributed by atoms with van der Waals surface area (Å²) in [5.41, 5.74) is 0. The van der Waals surface area contributed by atoms with Crippen molar-refractivity contribution in [2.75, 3.05) is 26.9 Å². The molecule has 0 fully saturated rings. The molecule has 118 valence electrons. The lowest BCUT2D eigenvalue weighted by molar-refractivity contribution is -0.144. The minimum Gasteiger partial charge on any atom is -0.480 e. The van der Waals surface area contributed by atoms with Gasteiger partial charge in [-0.3, -0.25) is 4.90 Å². The van der Waals surface area contributed by atoms with Crippen LogP contribution in [0.3, 0.4) is 0 Å². The number of hydrogen-bond donors (Lipinski definition) is 1. The Kier molecular flexibility index (Phi) is 8.48. The Bertz CT molecular complexity index is 316. The summed E-state index contributed by atoms with van der Waals surface area (Å²) in [4.78, 5) is 24.0. The van der Waals surface area contributed by atoms with Crippen molar-refractivity contribution in [1.82, 2.24) is 4.90 Å². The number of aliphatic carboxylic acids is 1. The van der Waals surface area contributed by atoms with E-state index in [1.165, 1.54) is 7.05 Å². The molecule has 0 aromatic heterocycles. The molecule has 20 heavy (non-hydrogen) atoms. The molecule has 0 aromatic rings. The van der Waals surface area contributed by atoms with Gasteiger partial charge in [0.25, 0.3) is 0 Å². The Hall–Kier alpha value is -1.08. The van der Waals surface area contributed by atoms with Crippen molar-refractivity contribution in [2.24, 2.45) is 0 Å². The molecule has 0 aliphatic heterocycles. The van der Waals surface area contributed by atoms with Crippen LogP contribution < -0.4 is 0 Å². The van der Waals surface area contributed by atoms with Gasteiger partial charge >= 0.3 is 12.1 Å². The second kappa shape index (κ2) is 8.96. The largest absolute Gasteiger partial charge is 0.480 e. The summed E-state index contributed by atoms with van der Waals surface area (Å²) >= 11 is 0. The predicted octanol–water partition coefficient (Wildman–Crippen LogP) is 2.27. The number of likely N-dealkylation sites (N-methyl/N-ethyl adjacent to an activating group) is 1. The van der Waals surface area contributed by atoms with Gasteiger partial charge in [0.05, 0.1) is 13.2 Å². The molecule has 1 N–H and O–H groups in total. The first kappa shape index (κ1) is 18.9. The highest BCUT2D eigenvalue weighted by atomic mass is 28.3. The number of carboxylic acids is 1. The average molecular weight is 305 g/mol. The van der Waals surface area contributed by atoms with Crippen LogP contribution in [0.15, 0.2) is 0 Å². The summed E-state index contributed by atoms with van der Waals surface area (Å²) in [5.74, 6) is -1.09. The molecule has 0 unspecified atom stereocenters. The van der Waals surface area contributed by atoms with E-state index in [4.69, 9.17) is 14.6 Å². The van der Waals surface area contributed by atoms with Gasteiger partial charge in [-0.1, -0.05) is 26.6 Å². The Morgan fingerprint density at radius 1 is 1.25 bits per heavy atom. The Balaban J connectivity index is 4.31. The van der Waals surface area contributed by atoms with E-state index in [1.807, 2.05) is 6.92 Å². The number of carbonyl (C=O) groups is 2. The van der Waals surface area contributed by atoms with E-state index in [0.29, 0.717) is 13.2 Å². The first-order valence-corrected chi connectivity index (χ1v) is 10.6. The number of hydrogen-bond acceptors (Lipinski definition) is 4. The second-order valence-electron chi connectivity index (χ2n) is 5.96. The Labute approximate surface area is 122 Å². The van der Waals surface area contributed by atoms with Gasteiger partial charge in [0.2, 0.25) is 0 Å². The fourth-order valence-electron chi connectivity index (χ4n) is 1.36. The fourth-order valence-corrected chi connectivity index (χ4v) is 2.08. The van der Waals surface area contributed by atoms with Crippen LogP contribution in [0, 0.1) is 0 Å². The quantitative estimate of drug-likeness (QED) is 0.522. The maximum Gasteiger partial charge on any atom is 0.410 e. The van der Waals surface area contributed by atoms with Gasteiger partial charge in [0.1, 0.15) is 0 Å². The highest BCUT2D eigenvalue weighted by Gasteiger charge is 2.28. The summed E-state index contributed by atoms with van der Waals surface area (Å²) in [6.45, 7) is 9.27. The topological polar surface area (TPSA) is 76.1 Å². The van der Waals surface area contributed by atoms with Gasteiger partial charge in [-0.2, -0.15) is 0 Å². The van der Waals surface area contributed by atoms with E-state index in [-0.39, 0.29) is 6.61 Å². The summed E-state index contributed by atoms with van der Waals surface area (Å²) in [5, 5.41) is 9.12. The maximum atomic E-state index is 11.8. The van der Waals surface area contributed by atoms with Gasteiger partial charge in [0.15, 0.2) is 6.04 Å². The first-order valence-electron chi connectivity index (χ1n) is 6.89. The zero-order valence-electron chi connectivity index (χ0n) is 13.1. The van der Waals surface area contributed by atoms with Gasteiger partial charge in [0, 0.05) is 21.7 Å². The molecule has 6 nitrogen and oxygen atoms in total. The third kappa shape index (κ3) is 8.16. The number of carboxylic acid groups (broad SMARTS) is 1. The van der Waals surface area contributed by atoms with Crippen LogP contribution in [0.4, 0.5) is 4.79 Å². The van der Waals surface area contributed by atoms with Crippen LogP contribution in [-0.4, -0.2) is 63.1 Å². The van der Waals surface area contributed by atoms with Gasteiger partial charge in [-0.15, -0.1) is 0 Å². The SMILES string of the molecule is CCCOC[C@@H](C(=O)O)N(C)C(=O)OCC[Si](C)(C)C. The third-order valence-electron chi connectivity index (χ3n) is 2.74. The number of ether oxygens (including phenoxy) is 2. The predicted molar refractivity (Wildman–Crippen MR) is 79.8 cm³/mol. The van der Waals surface area contributed by atoms with Gasteiger partial charge in [-0.25, -0.2) is 9.59 Å². The van der Waals surface area contributed by atoms with Crippen LogP contribution in [0.1, 0.15) is 13.3 Å².